The van der Waals surface area contributed by atoms with Crippen LogP contribution in [0.5, 0.6) is 0 Å². The lowest BCUT2D eigenvalue weighted by molar-refractivity contribution is -0.142. The number of amides is 1. The molecule has 0 atom stereocenters. The zero-order chi connectivity index (χ0) is 41.1. The highest BCUT2D eigenvalue weighted by Gasteiger charge is 2.28. The molecule has 0 spiro atoms. The Balaban J connectivity index is 1.26. The van der Waals surface area contributed by atoms with Crippen molar-refractivity contribution in [2.24, 2.45) is 11.3 Å². The van der Waals surface area contributed by atoms with E-state index in [1.807, 2.05) is 29.5 Å². The number of aromatic amines is 1. The van der Waals surface area contributed by atoms with Gasteiger partial charge in [-0.15, -0.1) is 15.7 Å². The maximum absolute atomic E-state index is 14.1. The first kappa shape index (κ1) is 40.7. The third-order valence-corrected chi connectivity index (χ3v) is 11.2. The second kappa shape index (κ2) is 16.7. The predicted octanol–water partition coefficient (Wildman–Crippen LogP) is 5.59. The van der Waals surface area contributed by atoms with Gasteiger partial charge in [-0.3, -0.25) is 19.7 Å². The lowest BCUT2D eigenvalue weighted by Crippen LogP contribution is -2.36. The first-order chi connectivity index (χ1) is 27.0. The van der Waals surface area contributed by atoms with Crippen LogP contribution in [0, 0.1) is 29.8 Å². The van der Waals surface area contributed by atoms with E-state index in [9.17, 15) is 23.1 Å². The fourth-order valence-corrected chi connectivity index (χ4v) is 7.49. The average Bonchev–Trinajstić information content (AvgIpc) is 3.53. The third-order valence-electron chi connectivity index (χ3n) is 9.55. The molecule has 0 bridgehead atoms. The van der Waals surface area contributed by atoms with Crippen molar-refractivity contribution < 1.29 is 23.1 Å². The van der Waals surface area contributed by atoms with Gasteiger partial charge in [-0.1, -0.05) is 33.0 Å². The van der Waals surface area contributed by atoms with Gasteiger partial charge in [0.15, 0.2) is 11.6 Å². The monoisotopic (exact) mass is 814 g/mol. The Morgan fingerprint density at radius 1 is 1.00 bits per heavy atom. The number of piperidine rings is 1. The molecule has 1 aliphatic rings. The molecule has 5 heterocycles. The number of carboxylic acid groups (broad SMARTS) is 1. The summed E-state index contributed by atoms with van der Waals surface area (Å²) >= 11 is 5.27. The number of carbonyl (C=O) groups excluding carboxylic acids is 1. The maximum Gasteiger partial charge on any atom is 0.306 e. The summed E-state index contributed by atoms with van der Waals surface area (Å²) in [5.74, 6) is -0.963. The highest BCUT2D eigenvalue weighted by atomic mass is 32.2. The lowest BCUT2D eigenvalue weighted by atomic mass is 9.97. The number of nitrogens with one attached hydrogen (secondary N) is 5. The quantitative estimate of drug-likeness (QED) is 0.0632. The molecular weight excluding hydrogens is 769 g/mol. The topological polar surface area (TPSA) is 215 Å². The number of hydrazine groups is 2. The minimum Gasteiger partial charge on any atom is -0.481 e. The largest absolute Gasteiger partial charge is 0.481 e. The molecule has 0 unspecified atom stereocenters. The number of aliphatic carboxylic acids is 1. The Labute approximate surface area is 335 Å². The Hall–Kier alpha value is -5.92. The van der Waals surface area contributed by atoms with E-state index in [2.05, 4.69) is 62.2 Å². The van der Waals surface area contributed by atoms with Gasteiger partial charge in [-0.2, -0.15) is 5.10 Å². The molecule has 6 rings (SSSR count). The number of aryl methyl sites for hydroxylation is 1. The van der Waals surface area contributed by atoms with Crippen LogP contribution in [0.25, 0.3) is 11.1 Å². The van der Waals surface area contributed by atoms with Crippen molar-refractivity contribution in [3.05, 3.63) is 88.6 Å². The minimum atomic E-state index is -4.34. The smallest absolute Gasteiger partial charge is 0.306 e. The summed E-state index contributed by atoms with van der Waals surface area (Å²) in [6.07, 6.45) is 4.38. The van der Waals surface area contributed by atoms with Gasteiger partial charge in [0.05, 0.1) is 22.7 Å². The van der Waals surface area contributed by atoms with Gasteiger partial charge in [0.1, 0.15) is 16.2 Å². The molecule has 6 N–H and O–H groups in total. The van der Waals surface area contributed by atoms with Crippen LogP contribution in [0.1, 0.15) is 55.4 Å². The summed E-state index contributed by atoms with van der Waals surface area (Å²) in [4.78, 5) is 36.7. The second-order valence-electron chi connectivity index (χ2n) is 15.0. The number of nitrogens with zero attached hydrogens (tertiary/aromatic N) is 7. The average molecular weight is 815 g/mol. The first-order valence-electron chi connectivity index (χ1n) is 18.2. The molecule has 1 amide bonds. The second-order valence-corrected chi connectivity index (χ2v) is 17.1. The summed E-state index contributed by atoms with van der Waals surface area (Å²) in [6.45, 7) is 11.7. The van der Waals surface area contributed by atoms with Crippen molar-refractivity contribution in [2.45, 2.75) is 58.9 Å². The standard InChI is InChI=1S/C38H46N12O5S2/c1-23-20-32(43-44-34(23)45-47-42-30-8-7-17-39-36(30)56)48(6)31-14-13-28(29-21-40-50(24(29)2)22-38(3,4)5)33(41-31)35(51)46-57(54,55)27-11-9-26(10-12-27)49-18-15-25(16-19-49)37(52)53/h7-14,17,20-21,25,42,47H,15-16,18-19,22H2,1-6H3,(H,39,56)(H,44,45)(H,46,51)(H,52,53). The molecule has 4 aromatic heterocycles. The van der Waals surface area contributed by atoms with Crippen LogP contribution in [-0.2, 0) is 21.4 Å². The summed E-state index contributed by atoms with van der Waals surface area (Å²) in [5, 5.41) is 22.6. The summed E-state index contributed by atoms with van der Waals surface area (Å²) in [5.41, 5.74) is 12.5. The van der Waals surface area contributed by atoms with Crippen molar-refractivity contribution in [2.75, 3.05) is 40.8 Å². The normalized spacial score (nSPS) is 13.6. The van der Waals surface area contributed by atoms with Crippen molar-refractivity contribution in [3.8, 4) is 11.1 Å². The molecular formula is C38H46N12O5S2. The maximum atomic E-state index is 14.1. The van der Waals surface area contributed by atoms with E-state index in [1.54, 1.807) is 60.7 Å². The van der Waals surface area contributed by atoms with Gasteiger partial charge in [-0.25, -0.2) is 18.1 Å². The number of H-pyrrole nitrogens is 1. The zero-order valence-corrected chi connectivity index (χ0v) is 34.1. The first-order valence-corrected chi connectivity index (χ1v) is 20.1. The Kier molecular flexibility index (Phi) is 11.9. The number of pyridine rings is 2. The van der Waals surface area contributed by atoms with Crippen molar-refractivity contribution in [1.82, 2.24) is 40.2 Å². The third kappa shape index (κ3) is 9.55. The summed E-state index contributed by atoms with van der Waals surface area (Å²) in [7, 11) is -2.63. The SMILES string of the molecule is Cc1cc(N(C)c2ccc(-c3cnn(CC(C)(C)C)c3C)c(C(=O)NS(=O)(=O)c3ccc(N4CCC(C(=O)O)CC4)cc3)n2)nnc1NNNc1ccc[nH]c1=S. The molecule has 57 heavy (non-hydrogen) atoms. The van der Waals surface area contributed by atoms with Crippen LogP contribution in [0.4, 0.5) is 28.8 Å². The molecule has 5 aromatic rings. The van der Waals surface area contributed by atoms with E-state index < -0.39 is 27.8 Å². The molecule has 1 aliphatic heterocycles. The van der Waals surface area contributed by atoms with Crippen molar-refractivity contribution >= 4 is 62.9 Å². The van der Waals surface area contributed by atoms with E-state index in [4.69, 9.17) is 17.2 Å². The highest BCUT2D eigenvalue weighted by molar-refractivity contribution is 7.90. The van der Waals surface area contributed by atoms with Crippen LogP contribution in [0.15, 0.2) is 71.9 Å². The lowest BCUT2D eigenvalue weighted by Gasteiger charge is -2.32. The van der Waals surface area contributed by atoms with E-state index >= 15 is 0 Å². The molecule has 17 nitrogen and oxygen atoms in total. The fourth-order valence-electron chi connectivity index (χ4n) is 6.35. The number of carbonyl (C=O) groups is 2. The molecule has 19 heteroatoms. The van der Waals surface area contributed by atoms with Gasteiger partial charge in [0.25, 0.3) is 15.9 Å². The van der Waals surface area contributed by atoms with Gasteiger partial charge in [-0.05, 0) is 92.3 Å². The number of hydrogen-bond acceptors (Lipinski definition) is 14. The molecule has 0 aliphatic carbocycles. The number of carboxylic acids is 1. The number of rotatable bonds is 13. The molecule has 0 saturated carbocycles. The number of aromatic nitrogens is 6. The van der Waals surface area contributed by atoms with Crippen LogP contribution in [-0.4, -0.2) is 75.5 Å². The summed E-state index contributed by atoms with van der Waals surface area (Å²) in [6, 6.07) is 15.0. The number of benzene rings is 1. The Morgan fingerprint density at radius 2 is 1.72 bits per heavy atom. The Morgan fingerprint density at radius 3 is 2.37 bits per heavy atom. The molecule has 1 aromatic carbocycles. The molecule has 300 valence electrons. The van der Waals surface area contributed by atoms with E-state index in [0.717, 1.165) is 16.9 Å². The van der Waals surface area contributed by atoms with Gasteiger partial charge in [0, 0.05) is 55.4 Å². The van der Waals surface area contributed by atoms with Crippen molar-refractivity contribution in [1.29, 1.82) is 0 Å². The minimum absolute atomic E-state index is 0.0795. The van der Waals surface area contributed by atoms with Crippen LogP contribution >= 0.6 is 12.2 Å². The van der Waals surface area contributed by atoms with Crippen LogP contribution in [0.3, 0.4) is 0 Å². The van der Waals surface area contributed by atoms with E-state index in [0.29, 0.717) is 71.4 Å². The Bertz CT molecular complexity index is 2440. The number of hydrogen-bond donors (Lipinski definition) is 6. The van der Waals surface area contributed by atoms with Gasteiger partial charge in [0.2, 0.25) is 0 Å². The number of sulfonamides is 1. The highest BCUT2D eigenvalue weighted by Crippen LogP contribution is 2.32. The molecule has 1 fully saturated rings. The molecule has 1 saturated heterocycles. The zero-order valence-electron chi connectivity index (χ0n) is 32.5. The van der Waals surface area contributed by atoms with Crippen LogP contribution in [0.2, 0.25) is 0 Å². The predicted molar refractivity (Wildman–Crippen MR) is 220 cm³/mol. The summed E-state index contributed by atoms with van der Waals surface area (Å²) < 4.78 is 31.9. The molecule has 0 radical (unpaired) electrons. The van der Waals surface area contributed by atoms with E-state index in [1.165, 1.54) is 12.1 Å². The number of anilines is 5. The fraction of sp³-hybridized carbons (Fsp3) is 0.342. The van der Waals surface area contributed by atoms with Gasteiger partial charge >= 0.3 is 5.97 Å². The van der Waals surface area contributed by atoms with Crippen molar-refractivity contribution in [3.63, 3.8) is 0 Å². The van der Waals surface area contributed by atoms with E-state index in [-0.39, 0.29) is 16.0 Å². The van der Waals surface area contributed by atoms with Gasteiger partial charge < -0.3 is 25.3 Å². The van der Waals surface area contributed by atoms with Crippen LogP contribution < -0.4 is 30.9 Å².